The number of urea groups is 1. The van der Waals surface area contributed by atoms with Crippen molar-refractivity contribution in [2.24, 2.45) is 0 Å². The number of aromatic nitrogens is 2. The summed E-state index contributed by atoms with van der Waals surface area (Å²) in [6, 6.07) is 16.3. The fourth-order valence-electron chi connectivity index (χ4n) is 3.66. The van der Waals surface area contributed by atoms with E-state index in [4.69, 9.17) is 0 Å². The molecule has 2 aromatic carbocycles. The minimum atomic E-state index is -1.07. The predicted molar refractivity (Wildman–Crippen MR) is 140 cm³/mol. The molecule has 0 saturated carbocycles. The minimum absolute atomic E-state index is 0.0192. The summed E-state index contributed by atoms with van der Waals surface area (Å²) in [6.45, 7) is 3.33. The maximum absolute atomic E-state index is 12.8. The quantitative estimate of drug-likeness (QED) is 0.303. The number of rotatable bonds is 10. The third-order valence-corrected chi connectivity index (χ3v) is 5.83. The molecule has 11 heteroatoms. The molecule has 0 aliphatic heterocycles. The maximum Gasteiger partial charge on any atom is 0.327 e. The number of nitrogens with zero attached hydrogens (tertiary/aromatic N) is 2. The molecule has 0 aliphatic carbocycles. The van der Waals surface area contributed by atoms with Crippen molar-refractivity contribution in [2.45, 2.75) is 38.4 Å². The van der Waals surface area contributed by atoms with Gasteiger partial charge in [0.05, 0.1) is 24.9 Å². The highest BCUT2D eigenvalue weighted by Gasteiger charge is 2.24. The van der Waals surface area contributed by atoms with Crippen LogP contribution in [0.2, 0.25) is 0 Å². The van der Waals surface area contributed by atoms with Gasteiger partial charge in [0, 0.05) is 12.6 Å². The zero-order valence-electron chi connectivity index (χ0n) is 21.5. The molecule has 1 unspecified atom stereocenters. The largest absolute Gasteiger partial charge is 0.468 e. The first-order chi connectivity index (χ1) is 18.3. The third-order valence-electron chi connectivity index (χ3n) is 5.83. The average Bonchev–Trinajstić information content (AvgIpc) is 3.40. The zero-order valence-corrected chi connectivity index (χ0v) is 21.5. The molecule has 1 heterocycles. The van der Waals surface area contributed by atoms with E-state index in [2.05, 4.69) is 31.0 Å². The number of amides is 4. The van der Waals surface area contributed by atoms with Crippen LogP contribution < -0.4 is 21.3 Å². The molecular weight excluding hydrogens is 488 g/mol. The summed E-state index contributed by atoms with van der Waals surface area (Å²) >= 11 is 0. The number of carbonyl (C=O) groups excluding carboxylic acids is 4. The summed E-state index contributed by atoms with van der Waals surface area (Å²) in [6.07, 6.45) is 2.80. The Morgan fingerprint density at radius 2 is 1.45 bits per heavy atom. The SMILES string of the molecule is COC(=O)CNC(=O)C(Cc1cn(C(=O)N[C@H](C)c2ccccc2)cn1)NC(=O)N[C@H](C)c1ccccc1. The van der Waals surface area contributed by atoms with E-state index in [9.17, 15) is 19.2 Å². The molecule has 200 valence electrons. The van der Waals surface area contributed by atoms with Crippen molar-refractivity contribution < 1.29 is 23.9 Å². The fourth-order valence-corrected chi connectivity index (χ4v) is 3.66. The number of methoxy groups -OCH3 is 1. The highest BCUT2D eigenvalue weighted by atomic mass is 16.5. The summed E-state index contributed by atoms with van der Waals surface area (Å²) in [5.74, 6) is -1.23. The molecule has 3 rings (SSSR count). The van der Waals surface area contributed by atoms with Crippen molar-refractivity contribution in [3.05, 3.63) is 90.0 Å². The second kappa shape index (κ2) is 13.6. The van der Waals surface area contributed by atoms with Crippen LogP contribution in [0.3, 0.4) is 0 Å². The number of imidazole rings is 1. The van der Waals surface area contributed by atoms with Gasteiger partial charge in [0.2, 0.25) is 5.91 Å². The van der Waals surface area contributed by atoms with Crippen LogP contribution in [0.4, 0.5) is 9.59 Å². The number of hydrogen-bond acceptors (Lipinski definition) is 6. The molecule has 0 fully saturated rings. The number of nitrogens with one attached hydrogen (secondary N) is 4. The molecule has 0 saturated heterocycles. The van der Waals surface area contributed by atoms with Gasteiger partial charge in [-0.05, 0) is 25.0 Å². The van der Waals surface area contributed by atoms with Crippen molar-refractivity contribution in [2.75, 3.05) is 13.7 Å². The van der Waals surface area contributed by atoms with Crippen LogP contribution in [0.25, 0.3) is 0 Å². The van der Waals surface area contributed by atoms with Crippen LogP contribution in [0, 0.1) is 0 Å². The lowest BCUT2D eigenvalue weighted by Gasteiger charge is -2.20. The van der Waals surface area contributed by atoms with Crippen LogP contribution >= 0.6 is 0 Å². The fraction of sp³-hybridized carbons (Fsp3) is 0.296. The lowest BCUT2D eigenvalue weighted by Crippen LogP contribution is -2.52. The van der Waals surface area contributed by atoms with Gasteiger partial charge in [0.1, 0.15) is 18.9 Å². The molecule has 0 bridgehead atoms. The van der Waals surface area contributed by atoms with Crippen LogP contribution in [0.1, 0.15) is 42.8 Å². The first kappa shape index (κ1) is 27.9. The molecule has 0 spiro atoms. The molecule has 3 atom stereocenters. The molecule has 4 N–H and O–H groups in total. The van der Waals surface area contributed by atoms with Gasteiger partial charge in [-0.25, -0.2) is 14.6 Å². The number of hydrogen-bond donors (Lipinski definition) is 4. The van der Waals surface area contributed by atoms with Gasteiger partial charge in [-0.3, -0.25) is 14.2 Å². The van der Waals surface area contributed by atoms with Gasteiger partial charge in [0.15, 0.2) is 0 Å². The monoisotopic (exact) mass is 520 g/mol. The van der Waals surface area contributed by atoms with Crippen molar-refractivity contribution >= 4 is 23.9 Å². The van der Waals surface area contributed by atoms with Gasteiger partial charge in [-0.15, -0.1) is 0 Å². The van der Waals surface area contributed by atoms with E-state index in [0.717, 1.165) is 11.1 Å². The molecule has 4 amide bonds. The van der Waals surface area contributed by atoms with E-state index < -0.39 is 30.0 Å². The number of benzene rings is 2. The van der Waals surface area contributed by atoms with E-state index >= 15 is 0 Å². The normalized spacial score (nSPS) is 12.9. The van der Waals surface area contributed by atoms with Crippen molar-refractivity contribution in [3.8, 4) is 0 Å². The summed E-state index contributed by atoms with van der Waals surface area (Å²) in [5.41, 5.74) is 2.23. The number of esters is 1. The molecule has 0 radical (unpaired) electrons. The molecule has 0 aliphatic rings. The average molecular weight is 521 g/mol. The minimum Gasteiger partial charge on any atom is -0.468 e. The Hall–Kier alpha value is -4.67. The zero-order chi connectivity index (χ0) is 27.5. The Kier molecular flexibility index (Phi) is 9.98. The summed E-state index contributed by atoms with van der Waals surface area (Å²) < 4.78 is 5.83. The highest BCUT2D eigenvalue weighted by Crippen LogP contribution is 2.12. The van der Waals surface area contributed by atoms with E-state index in [1.165, 1.54) is 24.2 Å². The van der Waals surface area contributed by atoms with E-state index in [1.54, 1.807) is 0 Å². The summed E-state index contributed by atoms with van der Waals surface area (Å²) in [5, 5.41) is 10.8. The van der Waals surface area contributed by atoms with Crippen molar-refractivity contribution in [3.63, 3.8) is 0 Å². The lowest BCUT2D eigenvalue weighted by molar-refractivity contribution is -0.141. The van der Waals surface area contributed by atoms with Crippen LogP contribution in [-0.2, 0) is 20.7 Å². The van der Waals surface area contributed by atoms with Crippen LogP contribution in [-0.4, -0.2) is 53.2 Å². The van der Waals surface area contributed by atoms with Gasteiger partial charge < -0.3 is 26.0 Å². The number of ether oxygens (including phenoxy) is 1. The first-order valence-electron chi connectivity index (χ1n) is 12.1. The van der Waals surface area contributed by atoms with Crippen molar-refractivity contribution in [1.29, 1.82) is 0 Å². The second-order valence-corrected chi connectivity index (χ2v) is 8.65. The van der Waals surface area contributed by atoms with Gasteiger partial charge in [-0.1, -0.05) is 60.7 Å². The van der Waals surface area contributed by atoms with E-state index in [1.807, 2.05) is 74.5 Å². The van der Waals surface area contributed by atoms with Gasteiger partial charge >= 0.3 is 18.0 Å². The van der Waals surface area contributed by atoms with E-state index in [-0.39, 0.29) is 25.0 Å². The predicted octanol–water partition coefficient (Wildman–Crippen LogP) is 2.46. The van der Waals surface area contributed by atoms with Gasteiger partial charge in [-0.2, -0.15) is 0 Å². The smallest absolute Gasteiger partial charge is 0.327 e. The summed E-state index contributed by atoms with van der Waals surface area (Å²) in [7, 11) is 1.21. The van der Waals surface area contributed by atoms with Crippen molar-refractivity contribution in [1.82, 2.24) is 30.8 Å². The standard InChI is InChI=1S/C27H32N6O5/c1-18(20-10-6-4-7-11-20)30-26(36)32-23(25(35)28-15-24(34)38-3)14-22-16-33(17-29-22)27(37)31-19(2)21-12-8-5-9-13-21/h4-13,16-19,23H,14-15H2,1-3H3,(H,28,35)(H,31,37)(H2,30,32,36)/t18-,19-,23?/m1/s1. The topological polar surface area (TPSA) is 143 Å². The summed E-state index contributed by atoms with van der Waals surface area (Å²) in [4.78, 5) is 54.0. The Labute approximate surface area is 221 Å². The Bertz CT molecular complexity index is 1230. The van der Waals surface area contributed by atoms with Gasteiger partial charge in [0.25, 0.3) is 0 Å². The van der Waals surface area contributed by atoms with E-state index in [0.29, 0.717) is 5.69 Å². The third kappa shape index (κ3) is 8.19. The molecule has 1 aromatic heterocycles. The molecule has 3 aromatic rings. The second-order valence-electron chi connectivity index (χ2n) is 8.65. The Morgan fingerprint density at radius 3 is 2.03 bits per heavy atom. The number of carbonyl (C=O) groups is 4. The van der Waals surface area contributed by atoms with Crippen LogP contribution in [0.5, 0.6) is 0 Å². The molecular formula is C27H32N6O5. The van der Waals surface area contributed by atoms with Crippen LogP contribution in [0.15, 0.2) is 73.2 Å². The molecule has 38 heavy (non-hydrogen) atoms. The Balaban J connectivity index is 1.66. The highest BCUT2D eigenvalue weighted by molar-refractivity contribution is 5.89. The first-order valence-corrected chi connectivity index (χ1v) is 12.1. The Morgan fingerprint density at radius 1 is 0.868 bits per heavy atom. The maximum atomic E-state index is 12.8. The lowest BCUT2D eigenvalue weighted by atomic mass is 10.1. The molecule has 11 nitrogen and oxygen atoms in total.